The lowest BCUT2D eigenvalue weighted by Crippen LogP contribution is -2.60. The summed E-state index contributed by atoms with van der Waals surface area (Å²) < 4.78 is 35.9. The first-order chi connectivity index (χ1) is 14.2. The number of ether oxygens (including phenoxy) is 1. The lowest BCUT2D eigenvalue weighted by Gasteiger charge is -2.40. The first-order valence-corrected chi connectivity index (χ1v) is 11.6. The molecule has 2 saturated heterocycles. The van der Waals surface area contributed by atoms with Gasteiger partial charge in [-0.25, -0.2) is 4.79 Å². The molecule has 0 aromatic carbocycles. The van der Waals surface area contributed by atoms with E-state index in [0.717, 1.165) is 15.6 Å². The molecule has 1 aromatic rings. The molecule has 2 aliphatic rings. The van der Waals surface area contributed by atoms with Gasteiger partial charge in [-0.3, -0.25) is 9.48 Å². The molecule has 2 aliphatic heterocycles. The van der Waals surface area contributed by atoms with Crippen molar-refractivity contribution in [2.45, 2.75) is 45.8 Å². The molecular weight excluding hydrogens is 412 g/mol. The minimum atomic E-state index is -3.82. The van der Waals surface area contributed by atoms with Crippen LogP contribution in [-0.4, -0.2) is 90.2 Å². The molecule has 0 spiro atoms. The molecule has 0 saturated carbocycles. The number of piperazine rings is 1. The van der Waals surface area contributed by atoms with Crippen molar-refractivity contribution in [3.05, 3.63) is 17.5 Å². The topological polar surface area (TPSA) is 117 Å². The summed E-state index contributed by atoms with van der Waals surface area (Å²) in [5.74, 6) is -0.253. The molecule has 3 rings (SSSR count). The van der Waals surface area contributed by atoms with Crippen molar-refractivity contribution in [2.75, 3.05) is 39.8 Å². The van der Waals surface area contributed by atoms with Crippen LogP contribution in [0.4, 0.5) is 4.79 Å². The van der Waals surface area contributed by atoms with Crippen molar-refractivity contribution in [3.63, 3.8) is 0 Å². The fraction of sp³-hybridized carbons (Fsp3) is 0.722. The number of carbonyl (C=O) groups excluding carboxylic acids is 2. The number of likely N-dealkylation sites (N-methyl/N-ethyl adjacent to an activating group) is 1. The fourth-order valence-corrected chi connectivity index (χ4v) is 5.13. The number of hydrogen-bond donors (Lipinski definition) is 1. The average Bonchev–Trinajstić information content (AvgIpc) is 3.10. The number of carbonyl (C=O) groups is 2. The molecule has 30 heavy (non-hydrogen) atoms. The van der Waals surface area contributed by atoms with E-state index >= 15 is 0 Å². The van der Waals surface area contributed by atoms with E-state index in [9.17, 15) is 18.0 Å². The number of aryl methyl sites for hydroxylation is 2. The Morgan fingerprint density at radius 1 is 1.20 bits per heavy atom. The lowest BCUT2D eigenvalue weighted by atomic mass is 9.99. The van der Waals surface area contributed by atoms with Gasteiger partial charge < -0.3 is 14.5 Å². The summed E-state index contributed by atoms with van der Waals surface area (Å²) in [4.78, 5) is 28.3. The molecular formula is C18H30N6O5S. The van der Waals surface area contributed by atoms with Crippen LogP contribution in [0.1, 0.15) is 37.6 Å². The molecule has 1 N–H and O–H groups in total. The number of aromatic nitrogens is 2. The van der Waals surface area contributed by atoms with Crippen LogP contribution in [0.2, 0.25) is 0 Å². The van der Waals surface area contributed by atoms with E-state index in [0.29, 0.717) is 45.8 Å². The molecule has 0 bridgehead atoms. The van der Waals surface area contributed by atoms with Gasteiger partial charge in [-0.2, -0.15) is 22.5 Å². The summed E-state index contributed by atoms with van der Waals surface area (Å²) in [6.45, 7) is 7.90. The van der Waals surface area contributed by atoms with Crippen LogP contribution >= 0.6 is 0 Å². The quantitative estimate of drug-likeness (QED) is 0.706. The smallest absolute Gasteiger partial charge is 0.409 e. The maximum atomic E-state index is 13.2. The van der Waals surface area contributed by atoms with Gasteiger partial charge in [0.2, 0.25) is 5.91 Å². The van der Waals surface area contributed by atoms with Gasteiger partial charge >= 0.3 is 6.09 Å². The molecule has 0 aliphatic carbocycles. The Labute approximate surface area is 177 Å². The predicted octanol–water partition coefficient (Wildman–Crippen LogP) is 0.0917. The van der Waals surface area contributed by atoms with Gasteiger partial charge in [-0.15, -0.1) is 0 Å². The fourth-order valence-electron chi connectivity index (χ4n) is 3.87. The third-order valence-electron chi connectivity index (χ3n) is 5.65. The van der Waals surface area contributed by atoms with Crippen molar-refractivity contribution in [1.29, 1.82) is 0 Å². The molecule has 3 heterocycles. The van der Waals surface area contributed by atoms with E-state index in [4.69, 9.17) is 4.74 Å². The number of hydrogen-bond acceptors (Lipinski definition) is 6. The van der Waals surface area contributed by atoms with Gasteiger partial charge in [0.15, 0.2) is 0 Å². The average molecular weight is 443 g/mol. The van der Waals surface area contributed by atoms with Crippen LogP contribution in [0, 0.1) is 6.92 Å². The second kappa shape index (κ2) is 8.90. The van der Waals surface area contributed by atoms with Crippen molar-refractivity contribution < 1.29 is 22.7 Å². The summed E-state index contributed by atoms with van der Waals surface area (Å²) in [5, 5.41) is 4.39. The number of nitrogens with one attached hydrogen (secondary N) is 1. The van der Waals surface area contributed by atoms with Crippen LogP contribution in [-0.2, 0) is 26.3 Å². The predicted molar refractivity (Wildman–Crippen MR) is 109 cm³/mol. The summed E-state index contributed by atoms with van der Waals surface area (Å²) in [6, 6.07) is -1.35. The van der Waals surface area contributed by atoms with E-state index in [1.165, 1.54) is 7.05 Å². The first kappa shape index (κ1) is 22.5. The molecule has 168 valence electrons. The molecule has 2 amide bonds. The Morgan fingerprint density at radius 3 is 2.40 bits per heavy atom. The second-order valence-corrected chi connectivity index (χ2v) is 9.24. The highest BCUT2D eigenvalue weighted by Gasteiger charge is 2.43. The lowest BCUT2D eigenvalue weighted by molar-refractivity contribution is -0.137. The van der Waals surface area contributed by atoms with Crippen LogP contribution in [0.25, 0.3) is 0 Å². The number of rotatable bonds is 4. The van der Waals surface area contributed by atoms with Gasteiger partial charge in [0.05, 0.1) is 18.3 Å². The first-order valence-electron chi connectivity index (χ1n) is 10.2. The van der Waals surface area contributed by atoms with Gasteiger partial charge in [0, 0.05) is 51.5 Å². The molecule has 11 nitrogen and oxygen atoms in total. The van der Waals surface area contributed by atoms with Crippen LogP contribution < -0.4 is 4.72 Å². The maximum Gasteiger partial charge on any atom is 0.409 e. The molecule has 0 unspecified atom stereocenters. The van der Waals surface area contributed by atoms with Crippen LogP contribution in [0.15, 0.2) is 6.20 Å². The monoisotopic (exact) mass is 442 g/mol. The zero-order chi connectivity index (χ0) is 22.1. The van der Waals surface area contributed by atoms with E-state index in [2.05, 4.69) is 9.82 Å². The molecule has 12 heteroatoms. The Morgan fingerprint density at radius 2 is 1.83 bits per heavy atom. The van der Waals surface area contributed by atoms with Gasteiger partial charge in [0.25, 0.3) is 10.2 Å². The third kappa shape index (κ3) is 4.44. The van der Waals surface area contributed by atoms with E-state index < -0.39 is 28.4 Å². The van der Waals surface area contributed by atoms with E-state index in [1.54, 1.807) is 21.4 Å². The minimum absolute atomic E-state index is 0.253. The van der Waals surface area contributed by atoms with Crippen molar-refractivity contribution in [1.82, 2.24) is 28.6 Å². The summed E-state index contributed by atoms with van der Waals surface area (Å²) in [5.41, 5.74) is 1.52. The summed E-state index contributed by atoms with van der Waals surface area (Å²) in [6.07, 6.45) is 1.74. The van der Waals surface area contributed by atoms with Gasteiger partial charge in [0.1, 0.15) is 6.04 Å². The highest BCUT2D eigenvalue weighted by atomic mass is 32.2. The number of nitrogens with zero attached hydrogens (tertiary/aromatic N) is 5. The Balaban J connectivity index is 1.74. The highest BCUT2D eigenvalue weighted by molar-refractivity contribution is 7.87. The zero-order valence-corrected chi connectivity index (χ0v) is 18.7. The normalized spacial score (nSPS) is 24.7. The van der Waals surface area contributed by atoms with Crippen molar-refractivity contribution >= 4 is 22.2 Å². The van der Waals surface area contributed by atoms with Crippen LogP contribution in [0.3, 0.4) is 0 Å². The summed E-state index contributed by atoms with van der Waals surface area (Å²) >= 11 is 0. The molecule has 1 aromatic heterocycles. The molecule has 2 fully saturated rings. The van der Waals surface area contributed by atoms with Crippen molar-refractivity contribution in [3.8, 4) is 0 Å². The van der Waals surface area contributed by atoms with Gasteiger partial charge in [-0.1, -0.05) is 0 Å². The Bertz CT molecular complexity index is 893. The number of amides is 2. The second-order valence-electron chi connectivity index (χ2n) is 7.48. The van der Waals surface area contributed by atoms with Crippen LogP contribution in [0.5, 0.6) is 0 Å². The standard InChI is InChI=1S/C18H30N6O5S/c1-5-24-12-14(13(3)19-24)15-11-16(21(4)30(27,28)20-15)17(25)22-7-9-23(10-8-22)18(26)29-6-2/h12,15-16,20H,5-11H2,1-4H3/t15-,16+/m0/s1. The third-order valence-corrected chi connectivity index (χ3v) is 7.25. The van der Waals surface area contributed by atoms with E-state index in [1.807, 2.05) is 20.0 Å². The van der Waals surface area contributed by atoms with E-state index in [-0.39, 0.29) is 5.91 Å². The zero-order valence-electron chi connectivity index (χ0n) is 17.9. The SMILES string of the molecule is CCOC(=O)N1CCN(C(=O)[C@H]2C[C@@H](c3cn(CC)nc3C)NS(=O)(=O)N2C)CC1. The Hall–Kier alpha value is -2.18. The maximum absolute atomic E-state index is 13.2. The van der Waals surface area contributed by atoms with Gasteiger partial charge in [-0.05, 0) is 27.2 Å². The Kier molecular flexibility index (Phi) is 6.68. The molecule has 2 atom stereocenters. The summed E-state index contributed by atoms with van der Waals surface area (Å²) in [7, 11) is -2.41. The highest BCUT2D eigenvalue weighted by Crippen LogP contribution is 2.30. The largest absolute Gasteiger partial charge is 0.450 e. The minimum Gasteiger partial charge on any atom is -0.450 e. The molecule has 0 radical (unpaired) electrons. The van der Waals surface area contributed by atoms with Crippen molar-refractivity contribution in [2.24, 2.45) is 0 Å².